The molecule has 0 aliphatic carbocycles. The number of ether oxygens (including phenoxy) is 2. The highest BCUT2D eigenvalue weighted by atomic mass is 32.2. The first kappa shape index (κ1) is 40.8. The molecular weight excluding hydrogens is 741 g/mol. The van der Waals surface area contributed by atoms with Crippen molar-refractivity contribution >= 4 is 46.5 Å². The van der Waals surface area contributed by atoms with Gasteiger partial charge in [-0.25, -0.2) is 22.5 Å². The summed E-state index contributed by atoms with van der Waals surface area (Å²) in [6, 6.07) is 36.1. The lowest BCUT2D eigenvalue weighted by molar-refractivity contribution is -0.160. The van der Waals surface area contributed by atoms with Crippen molar-refractivity contribution < 1.29 is 31.9 Å². The molecule has 0 spiro atoms. The Labute approximate surface area is 332 Å². The molecule has 294 valence electrons. The van der Waals surface area contributed by atoms with Gasteiger partial charge in [-0.15, -0.1) is 6.58 Å². The summed E-state index contributed by atoms with van der Waals surface area (Å²) >= 11 is 0. The number of aliphatic imine (C=N–C) groups is 1. The molecular formula is C45H52N2O7SSi. The number of nitrogens with zero attached hydrogens (tertiary/aromatic N) is 2. The lowest BCUT2D eigenvalue weighted by Gasteiger charge is -2.46. The zero-order valence-corrected chi connectivity index (χ0v) is 34.9. The fourth-order valence-electron chi connectivity index (χ4n) is 8.36. The standard InChI is InChI=1S/C45H52N2O7SSi/c1-8-52-43(49)45(39-28-29-47(42(48)38(39)30-32(2)3)55(50,51)35-26-24-33(4)25-27-35)40(54-41(46-45)34-18-12-9-13-19-34)31-53-56(44(5,6)7,36-20-14-10-15-21-36)37-22-16-11-17-23-37/h9-27,38-40H,2,8,28-31H2,1,3-7H3/t38-,39+,40+,45+/m1/s1. The molecule has 6 rings (SSSR count). The molecule has 4 aromatic rings. The van der Waals surface area contributed by atoms with Gasteiger partial charge >= 0.3 is 5.97 Å². The van der Waals surface area contributed by atoms with Gasteiger partial charge in [-0.3, -0.25) is 4.79 Å². The lowest BCUT2D eigenvalue weighted by Crippen LogP contribution is -2.68. The van der Waals surface area contributed by atoms with Crippen LogP contribution in [0.25, 0.3) is 0 Å². The van der Waals surface area contributed by atoms with Crippen molar-refractivity contribution in [1.29, 1.82) is 0 Å². The molecule has 11 heteroatoms. The molecule has 0 N–H and O–H groups in total. The summed E-state index contributed by atoms with van der Waals surface area (Å²) in [5.74, 6) is -2.87. The maximum absolute atomic E-state index is 14.9. The number of rotatable bonds is 13. The Morgan fingerprint density at radius 1 is 0.929 bits per heavy atom. The van der Waals surface area contributed by atoms with E-state index in [0.717, 1.165) is 20.2 Å². The van der Waals surface area contributed by atoms with E-state index in [9.17, 15) is 18.0 Å². The van der Waals surface area contributed by atoms with Crippen LogP contribution in [0, 0.1) is 18.8 Å². The first-order valence-electron chi connectivity index (χ1n) is 19.2. The van der Waals surface area contributed by atoms with E-state index in [1.54, 1.807) is 26.0 Å². The van der Waals surface area contributed by atoms with E-state index in [1.807, 2.05) is 73.7 Å². The van der Waals surface area contributed by atoms with Crippen LogP contribution < -0.4 is 10.4 Å². The van der Waals surface area contributed by atoms with Crippen LogP contribution in [0.1, 0.15) is 58.6 Å². The number of benzene rings is 4. The minimum Gasteiger partial charge on any atom is -0.468 e. The van der Waals surface area contributed by atoms with Crippen LogP contribution in [0.4, 0.5) is 0 Å². The summed E-state index contributed by atoms with van der Waals surface area (Å²) in [6.45, 7) is 15.9. The molecule has 2 aliphatic rings. The lowest BCUT2D eigenvalue weighted by atomic mass is 9.67. The van der Waals surface area contributed by atoms with Crippen molar-refractivity contribution in [3.63, 3.8) is 0 Å². The maximum atomic E-state index is 14.9. The molecule has 0 bridgehead atoms. The summed E-state index contributed by atoms with van der Waals surface area (Å²) in [6.07, 6.45) is -0.787. The summed E-state index contributed by atoms with van der Waals surface area (Å²) in [4.78, 5) is 34.8. The number of amides is 1. The number of aryl methyl sites for hydroxylation is 1. The largest absolute Gasteiger partial charge is 0.468 e. The molecule has 2 aliphatic heterocycles. The van der Waals surface area contributed by atoms with Crippen molar-refractivity contribution in [2.45, 2.75) is 76.0 Å². The van der Waals surface area contributed by atoms with E-state index in [0.29, 0.717) is 11.1 Å². The highest BCUT2D eigenvalue weighted by Gasteiger charge is 2.64. The van der Waals surface area contributed by atoms with Crippen molar-refractivity contribution in [3.8, 4) is 0 Å². The van der Waals surface area contributed by atoms with Gasteiger partial charge in [0, 0.05) is 23.9 Å². The summed E-state index contributed by atoms with van der Waals surface area (Å²) in [5, 5.41) is 1.71. The average molecular weight is 793 g/mol. The van der Waals surface area contributed by atoms with Crippen LogP contribution in [0.3, 0.4) is 0 Å². The van der Waals surface area contributed by atoms with E-state index < -0.39 is 58.7 Å². The number of carbonyl (C=O) groups is 2. The normalized spacial score (nSPS) is 21.6. The van der Waals surface area contributed by atoms with Gasteiger partial charge in [-0.2, -0.15) is 0 Å². The van der Waals surface area contributed by atoms with E-state index >= 15 is 0 Å². The monoisotopic (exact) mass is 792 g/mol. The van der Waals surface area contributed by atoms with Crippen molar-refractivity contribution in [1.82, 2.24) is 4.31 Å². The molecule has 0 unspecified atom stereocenters. The van der Waals surface area contributed by atoms with Gasteiger partial charge in [-0.1, -0.05) is 123 Å². The van der Waals surface area contributed by atoms with Gasteiger partial charge < -0.3 is 13.9 Å². The first-order valence-corrected chi connectivity index (χ1v) is 22.5. The Balaban J connectivity index is 1.51. The smallest absolute Gasteiger partial charge is 0.338 e. The molecule has 9 nitrogen and oxygen atoms in total. The van der Waals surface area contributed by atoms with E-state index in [4.69, 9.17) is 18.9 Å². The third-order valence-electron chi connectivity index (χ3n) is 11.0. The minimum atomic E-state index is -4.22. The Morgan fingerprint density at radius 3 is 2.00 bits per heavy atom. The van der Waals surface area contributed by atoms with Gasteiger partial charge in [0.05, 0.1) is 18.1 Å². The summed E-state index contributed by atoms with van der Waals surface area (Å²) in [5.41, 5.74) is 0.428. The molecule has 1 amide bonds. The molecule has 1 fully saturated rings. The Bertz CT molecular complexity index is 2130. The van der Waals surface area contributed by atoms with E-state index in [2.05, 4.69) is 51.6 Å². The van der Waals surface area contributed by atoms with E-state index in [1.165, 1.54) is 12.1 Å². The number of esters is 1. The van der Waals surface area contributed by atoms with Crippen LogP contribution in [0.15, 0.2) is 137 Å². The molecule has 4 aromatic carbocycles. The SMILES string of the molecule is C=C(C)C[C@H]1C(=O)N(S(=O)(=O)c2ccc(C)cc2)CC[C@@H]1[C@]1(C(=O)OCC)N=C(c2ccccc2)O[C@H]1CO[Si](c1ccccc1)(c1ccccc1)C(C)(C)C. The van der Waals surface area contributed by atoms with Crippen LogP contribution in [0.2, 0.25) is 5.04 Å². The maximum Gasteiger partial charge on any atom is 0.338 e. The predicted octanol–water partition coefficient (Wildman–Crippen LogP) is 6.84. The number of piperidine rings is 1. The second kappa shape index (κ2) is 16.3. The topological polar surface area (TPSA) is 112 Å². The number of carbonyl (C=O) groups excluding carboxylic acids is 2. The van der Waals surface area contributed by atoms with Crippen LogP contribution in [-0.2, 0) is 33.5 Å². The third-order valence-corrected chi connectivity index (χ3v) is 17.8. The zero-order chi connectivity index (χ0) is 40.3. The molecule has 0 radical (unpaired) electrons. The number of allylic oxidation sites excluding steroid dienone is 1. The van der Waals surface area contributed by atoms with Crippen LogP contribution in [-0.4, -0.2) is 70.2 Å². The highest BCUT2D eigenvalue weighted by Crippen LogP contribution is 2.47. The second-order valence-corrected chi connectivity index (χ2v) is 22.0. The van der Waals surface area contributed by atoms with E-state index in [-0.39, 0.29) is 43.4 Å². The average Bonchev–Trinajstić information content (AvgIpc) is 3.57. The fourth-order valence-corrected chi connectivity index (χ4v) is 14.4. The van der Waals surface area contributed by atoms with Gasteiger partial charge in [-0.05, 0) is 73.3 Å². The predicted molar refractivity (Wildman–Crippen MR) is 222 cm³/mol. The quantitative estimate of drug-likeness (QED) is 0.0829. The second-order valence-electron chi connectivity index (χ2n) is 15.8. The zero-order valence-electron chi connectivity index (χ0n) is 33.1. The number of sulfonamides is 1. The molecule has 2 heterocycles. The van der Waals surface area contributed by atoms with Gasteiger partial charge in [0.2, 0.25) is 17.3 Å². The molecule has 1 saturated heterocycles. The van der Waals surface area contributed by atoms with Crippen LogP contribution in [0.5, 0.6) is 0 Å². The summed E-state index contributed by atoms with van der Waals surface area (Å²) < 4.78 is 49.2. The van der Waals surface area contributed by atoms with Crippen LogP contribution >= 0.6 is 0 Å². The molecule has 0 aromatic heterocycles. The Hall–Kier alpha value is -4.84. The van der Waals surface area contributed by atoms with Gasteiger partial charge in [0.1, 0.15) is 0 Å². The molecule has 0 saturated carbocycles. The fraction of sp³-hybridized carbons (Fsp3) is 0.356. The third kappa shape index (κ3) is 7.52. The summed E-state index contributed by atoms with van der Waals surface area (Å²) in [7, 11) is -7.39. The van der Waals surface area contributed by atoms with Gasteiger partial charge in [0.15, 0.2) is 6.10 Å². The highest BCUT2D eigenvalue weighted by molar-refractivity contribution is 7.89. The van der Waals surface area contributed by atoms with Crippen molar-refractivity contribution in [2.75, 3.05) is 19.8 Å². The van der Waals surface area contributed by atoms with Gasteiger partial charge in [0.25, 0.3) is 18.3 Å². The minimum absolute atomic E-state index is 0.0224. The Kier molecular flexibility index (Phi) is 11.9. The first-order chi connectivity index (χ1) is 26.7. The van der Waals surface area contributed by atoms with Crippen molar-refractivity contribution in [3.05, 3.63) is 139 Å². The Morgan fingerprint density at radius 2 is 1.48 bits per heavy atom. The van der Waals surface area contributed by atoms with Crippen molar-refractivity contribution in [2.24, 2.45) is 16.8 Å². The molecule has 56 heavy (non-hydrogen) atoms. The molecule has 4 atom stereocenters. The number of hydrogen-bond acceptors (Lipinski definition) is 8. The number of hydrogen-bond donors (Lipinski definition) is 0.